The highest BCUT2D eigenvalue weighted by atomic mass is 15.1. The Balaban J connectivity index is 1.60. The van der Waals surface area contributed by atoms with E-state index >= 15 is 0 Å². The number of nitrogens with one attached hydrogen (secondary N) is 1. The van der Waals surface area contributed by atoms with Crippen LogP contribution in [0.3, 0.4) is 0 Å². The third-order valence-corrected chi connectivity index (χ3v) is 4.37. The van der Waals surface area contributed by atoms with E-state index in [4.69, 9.17) is 0 Å². The summed E-state index contributed by atoms with van der Waals surface area (Å²) in [5, 5.41) is 3.74. The van der Waals surface area contributed by atoms with Gasteiger partial charge in [-0.3, -0.25) is 0 Å². The lowest BCUT2D eigenvalue weighted by molar-refractivity contribution is 0.526. The fraction of sp³-hybridized carbons (Fsp3) is 0.368. The molecule has 1 N–H and O–H groups in total. The number of anilines is 2. The maximum absolute atomic E-state index is 3.74. The minimum atomic E-state index is 0.588. The maximum atomic E-state index is 3.74. The van der Waals surface area contributed by atoms with Crippen LogP contribution in [-0.4, -0.2) is 19.1 Å². The lowest BCUT2D eigenvalue weighted by Gasteiger charge is -2.34. The molecule has 0 atom stereocenters. The van der Waals surface area contributed by atoms with Crippen molar-refractivity contribution in [2.45, 2.75) is 32.7 Å². The summed E-state index contributed by atoms with van der Waals surface area (Å²) >= 11 is 0. The number of para-hydroxylation sites is 1. The van der Waals surface area contributed by atoms with E-state index < -0.39 is 0 Å². The lowest BCUT2D eigenvalue weighted by Crippen LogP contribution is -2.39. The van der Waals surface area contributed by atoms with E-state index in [2.05, 4.69) is 72.6 Å². The molecule has 0 spiro atoms. The first kappa shape index (κ1) is 14.0. The highest BCUT2D eigenvalue weighted by Gasteiger charge is 2.19. The molecule has 0 radical (unpaired) electrons. The average molecular weight is 280 g/mol. The molecule has 0 amide bonds. The van der Waals surface area contributed by atoms with Gasteiger partial charge in [-0.2, -0.15) is 0 Å². The molecule has 1 fully saturated rings. The molecule has 21 heavy (non-hydrogen) atoms. The van der Waals surface area contributed by atoms with Crippen LogP contribution in [0.25, 0.3) is 0 Å². The van der Waals surface area contributed by atoms with Crippen LogP contribution in [0.15, 0.2) is 48.5 Å². The van der Waals surface area contributed by atoms with Gasteiger partial charge in [-0.1, -0.05) is 30.3 Å². The van der Waals surface area contributed by atoms with Crippen LogP contribution in [0, 0.1) is 13.8 Å². The van der Waals surface area contributed by atoms with E-state index in [0.29, 0.717) is 6.04 Å². The van der Waals surface area contributed by atoms with Crippen LogP contribution in [-0.2, 0) is 0 Å². The Morgan fingerprint density at radius 1 is 0.952 bits per heavy atom. The number of hydrogen-bond donors (Lipinski definition) is 1. The van der Waals surface area contributed by atoms with Gasteiger partial charge in [0.15, 0.2) is 0 Å². The van der Waals surface area contributed by atoms with E-state index in [1.165, 1.54) is 35.3 Å². The minimum Gasteiger partial charge on any atom is -0.382 e. The molecule has 1 aliphatic heterocycles. The van der Waals surface area contributed by atoms with Crippen molar-refractivity contribution in [2.75, 3.05) is 23.3 Å². The number of hydrogen-bond acceptors (Lipinski definition) is 2. The van der Waals surface area contributed by atoms with Gasteiger partial charge in [0.2, 0.25) is 0 Å². The Kier molecular flexibility index (Phi) is 4.14. The van der Waals surface area contributed by atoms with Crippen molar-refractivity contribution >= 4 is 11.4 Å². The molecule has 0 unspecified atom stereocenters. The van der Waals surface area contributed by atoms with Gasteiger partial charge in [0.1, 0.15) is 0 Å². The highest BCUT2D eigenvalue weighted by Crippen LogP contribution is 2.23. The molecule has 1 heterocycles. The second-order valence-corrected chi connectivity index (χ2v) is 6.06. The van der Waals surface area contributed by atoms with Gasteiger partial charge in [0.25, 0.3) is 0 Å². The molecule has 0 saturated carbocycles. The van der Waals surface area contributed by atoms with Gasteiger partial charge in [-0.25, -0.2) is 0 Å². The van der Waals surface area contributed by atoms with Crippen molar-refractivity contribution in [1.82, 2.24) is 0 Å². The van der Waals surface area contributed by atoms with Crippen molar-refractivity contribution in [1.29, 1.82) is 0 Å². The number of benzene rings is 2. The number of aryl methyl sites for hydroxylation is 2. The monoisotopic (exact) mass is 280 g/mol. The molecule has 0 bridgehead atoms. The third kappa shape index (κ3) is 3.38. The van der Waals surface area contributed by atoms with Crippen LogP contribution in [0.2, 0.25) is 0 Å². The summed E-state index contributed by atoms with van der Waals surface area (Å²) < 4.78 is 0. The van der Waals surface area contributed by atoms with E-state index in [-0.39, 0.29) is 0 Å². The molecule has 110 valence electrons. The largest absolute Gasteiger partial charge is 0.382 e. The molecule has 1 saturated heterocycles. The summed E-state index contributed by atoms with van der Waals surface area (Å²) in [6, 6.07) is 18.0. The first-order chi connectivity index (χ1) is 10.2. The molecule has 0 aromatic heterocycles. The van der Waals surface area contributed by atoms with Crippen molar-refractivity contribution in [3.05, 3.63) is 59.7 Å². The molecule has 2 aromatic carbocycles. The zero-order valence-corrected chi connectivity index (χ0v) is 13.0. The van der Waals surface area contributed by atoms with Gasteiger partial charge in [0.05, 0.1) is 0 Å². The predicted molar refractivity (Wildman–Crippen MR) is 91.2 cm³/mol. The van der Waals surface area contributed by atoms with Crippen molar-refractivity contribution < 1.29 is 0 Å². The Morgan fingerprint density at radius 2 is 1.67 bits per heavy atom. The lowest BCUT2D eigenvalue weighted by atomic mass is 10.0. The normalized spacial score (nSPS) is 16.0. The van der Waals surface area contributed by atoms with Gasteiger partial charge in [0, 0.05) is 30.5 Å². The van der Waals surface area contributed by atoms with Crippen molar-refractivity contribution in [3.8, 4) is 0 Å². The van der Waals surface area contributed by atoms with Crippen LogP contribution < -0.4 is 10.2 Å². The first-order valence-corrected chi connectivity index (χ1v) is 7.86. The van der Waals surface area contributed by atoms with E-state index in [1.54, 1.807) is 0 Å². The molecular weight excluding hydrogens is 256 g/mol. The third-order valence-electron chi connectivity index (χ3n) is 4.37. The van der Waals surface area contributed by atoms with Gasteiger partial charge in [-0.15, -0.1) is 0 Å². The van der Waals surface area contributed by atoms with Crippen LogP contribution in [0.4, 0.5) is 11.4 Å². The van der Waals surface area contributed by atoms with Crippen LogP contribution in [0.1, 0.15) is 24.0 Å². The fourth-order valence-corrected chi connectivity index (χ4v) is 3.03. The topological polar surface area (TPSA) is 15.3 Å². The summed E-state index contributed by atoms with van der Waals surface area (Å²) in [6.45, 7) is 6.60. The Hall–Kier alpha value is -1.96. The number of rotatable bonds is 3. The standard InChI is InChI=1S/C19H24N2/c1-15-8-9-16(2)19(14-15)20-17-10-12-21(13-11-17)18-6-4-3-5-7-18/h3-9,14,17,20H,10-13H2,1-2H3. The summed E-state index contributed by atoms with van der Waals surface area (Å²) in [7, 11) is 0. The summed E-state index contributed by atoms with van der Waals surface area (Å²) in [6.07, 6.45) is 2.39. The first-order valence-electron chi connectivity index (χ1n) is 7.86. The molecule has 2 heteroatoms. The smallest absolute Gasteiger partial charge is 0.0374 e. The predicted octanol–water partition coefficient (Wildman–Crippen LogP) is 4.38. The Labute approximate surface area is 127 Å². The Morgan fingerprint density at radius 3 is 2.38 bits per heavy atom. The molecule has 2 nitrogen and oxygen atoms in total. The molecule has 1 aliphatic rings. The fourth-order valence-electron chi connectivity index (χ4n) is 3.03. The second kappa shape index (κ2) is 6.21. The quantitative estimate of drug-likeness (QED) is 0.897. The molecule has 3 rings (SSSR count). The summed E-state index contributed by atoms with van der Waals surface area (Å²) in [5.74, 6) is 0. The number of nitrogens with zero attached hydrogens (tertiary/aromatic N) is 1. The van der Waals surface area contributed by atoms with E-state index in [9.17, 15) is 0 Å². The minimum absolute atomic E-state index is 0.588. The SMILES string of the molecule is Cc1ccc(C)c(NC2CCN(c3ccccc3)CC2)c1. The van der Waals surface area contributed by atoms with Gasteiger partial charge < -0.3 is 10.2 Å². The van der Waals surface area contributed by atoms with E-state index in [0.717, 1.165) is 13.1 Å². The molecule has 0 aliphatic carbocycles. The maximum Gasteiger partial charge on any atom is 0.0374 e. The Bertz CT molecular complexity index is 584. The zero-order valence-electron chi connectivity index (χ0n) is 13.0. The average Bonchev–Trinajstić information content (AvgIpc) is 2.53. The van der Waals surface area contributed by atoms with Crippen molar-refractivity contribution in [3.63, 3.8) is 0 Å². The molecule has 2 aromatic rings. The highest BCUT2D eigenvalue weighted by molar-refractivity contribution is 5.53. The van der Waals surface area contributed by atoms with Crippen LogP contribution >= 0.6 is 0 Å². The zero-order chi connectivity index (χ0) is 14.7. The summed E-state index contributed by atoms with van der Waals surface area (Å²) in [4.78, 5) is 2.49. The molecular formula is C19H24N2. The number of piperidine rings is 1. The van der Waals surface area contributed by atoms with Gasteiger partial charge in [-0.05, 0) is 56.0 Å². The van der Waals surface area contributed by atoms with Gasteiger partial charge >= 0.3 is 0 Å². The van der Waals surface area contributed by atoms with E-state index in [1.807, 2.05) is 0 Å². The second-order valence-electron chi connectivity index (χ2n) is 6.06. The van der Waals surface area contributed by atoms with Crippen LogP contribution in [0.5, 0.6) is 0 Å². The summed E-state index contributed by atoms with van der Waals surface area (Å²) in [5.41, 5.74) is 5.31. The van der Waals surface area contributed by atoms with Crippen molar-refractivity contribution in [2.24, 2.45) is 0 Å².